The molecule has 2 N–H and O–H groups in total. The highest BCUT2D eigenvalue weighted by Crippen LogP contribution is 2.21. The highest BCUT2D eigenvalue weighted by atomic mass is 16.5. The van der Waals surface area contributed by atoms with Crippen LogP contribution in [-0.2, 0) is 16.1 Å². The maximum atomic E-state index is 11.6. The van der Waals surface area contributed by atoms with Crippen molar-refractivity contribution in [2.75, 3.05) is 33.3 Å². The fourth-order valence-electron chi connectivity index (χ4n) is 2.76. The summed E-state index contributed by atoms with van der Waals surface area (Å²) in [6, 6.07) is 7.81. The molecule has 1 fully saturated rings. The van der Waals surface area contributed by atoms with Crippen molar-refractivity contribution in [3.05, 3.63) is 29.8 Å². The minimum atomic E-state index is -0.363. The van der Waals surface area contributed by atoms with Gasteiger partial charge in [0, 0.05) is 45.2 Å². The molecular weight excluding hydrogens is 282 g/mol. The highest BCUT2D eigenvalue weighted by molar-refractivity contribution is 5.79. The number of carbonyl (C=O) groups is 2. The molecule has 1 aliphatic heterocycles. The van der Waals surface area contributed by atoms with Gasteiger partial charge in [-0.15, -0.1) is 0 Å². The number of para-hydroxylation sites is 1. The van der Waals surface area contributed by atoms with Crippen molar-refractivity contribution in [3.63, 3.8) is 0 Å². The van der Waals surface area contributed by atoms with Crippen LogP contribution < -0.4 is 10.5 Å². The molecule has 6 nitrogen and oxygen atoms in total. The summed E-state index contributed by atoms with van der Waals surface area (Å²) in [4.78, 5) is 27.1. The normalized spacial score (nSPS) is 19.5. The Morgan fingerprint density at radius 2 is 2.00 bits per heavy atom. The Bertz CT molecular complexity index is 547. The summed E-state index contributed by atoms with van der Waals surface area (Å²) in [5.41, 5.74) is 6.54. The van der Waals surface area contributed by atoms with Crippen molar-refractivity contribution < 1.29 is 14.3 Å². The SMILES string of the molecule is COc1ccccc1CN1CCN(C(C)=O)C[C@@H](C(N)=O)C1. The maximum Gasteiger partial charge on any atom is 0.223 e. The van der Waals surface area contributed by atoms with Gasteiger partial charge in [-0.2, -0.15) is 0 Å². The molecular formula is C16H23N3O3. The van der Waals surface area contributed by atoms with E-state index in [1.54, 1.807) is 12.0 Å². The van der Waals surface area contributed by atoms with Crippen LogP contribution in [-0.4, -0.2) is 54.9 Å². The summed E-state index contributed by atoms with van der Waals surface area (Å²) >= 11 is 0. The second-order valence-corrected chi connectivity index (χ2v) is 5.61. The second kappa shape index (κ2) is 7.26. The van der Waals surface area contributed by atoms with Gasteiger partial charge in [0.05, 0.1) is 13.0 Å². The third kappa shape index (κ3) is 3.98. The van der Waals surface area contributed by atoms with E-state index in [2.05, 4.69) is 4.90 Å². The van der Waals surface area contributed by atoms with Gasteiger partial charge in [-0.25, -0.2) is 0 Å². The largest absolute Gasteiger partial charge is 0.496 e. The molecule has 22 heavy (non-hydrogen) atoms. The van der Waals surface area contributed by atoms with E-state index in [1.807, 2.05) is 24.3 Å². The number of methoxy groups -OCH3 is 1. The van der Waals surface area contributed by atoms with Gasteiger partial charge < -0.3 is 15.4 Å². The monoisotopic (exact) mass is 305 g/mol. The predicted molar refractivity (Wildman–Crippen MR) is 83.2 cm³/mol. The van der Waals surface area contributed by atoms with Gasteiger partial charge in [0.25, 0.3) is 0 Å². The molecule has 0 bridgehead atoms. The van der Waals surface area contributed by atoms with Crippen LogP contribution in [0, 0.1) is 5.92 Å². The van der Waals surface area contributed by atoms with E-state index < -0.39 is 0 Å². The first kappa shape index (κ1) is 16.3. The van der Waals surface area contributed by atoms with Crippen LogP contribution in [0.1, 0.15) is 12.5 Å². The van der Waals surface area contributed by atoms with E-state index >= 15 is 0 Å². The number of ether oxygens (including phenoxy) is 1. The van der Waals surface area contributed by atoms with Crippen molar-refractivity contribution in [2.45, 2.75) is 13.5 Å². The van der Waals surface area contributed by atoms with Gasteiger partial charge in [-0.3, -0.25) is 14.5 Å². The molecule has 1 heterocycles. The van der Waals surface area contributed by atoms with Gasteiger partial charge >= 0.3 is 0 Å². The van der Waals surface area contributed by atoms with Crippen molar-refractivity contribution in [2.24, 2.45) is 11.7 Å². The van der Waals surface area contributed by atoms with Crippen molar-refractivity contribution in [1.29, 1.82) is 0 Å². The molecule has 2 rings (SSSR count). The molecule has 1 aromatic rings. The van der Waals surface area contributed by atoms with Crippen molar-refractivity contribution >= 4 is 11.8 Å². The number of hydrogen-bond donors (Lipinski definition) is 1. The third-order valence-electron chi connectivity index (χ3n) is 4.04. The summed E-state index contributed by atoms with van der Waals surface area (Å²) in [6.07, 6.45) is 0. The molecule has 2 amide bonds. The first-order valence-electron chi connectivity index (χ1n) is 7.40. The number of carbonyl (C=O) groups excluding carboxylic acids is 2. The number of nitrogens with zero attached hydrogens (tertiary/aromatic N) is 2. The zero-order chi connectivity index (χ0) is 16.1. The zero-order valence-electron chi connectivity index (χ0n) is 13.1. The molecule has 0 aromatic heterocycles. The number of primary amides is 1. The Balaban J connectivity index is 2.13. The number of hydrogen-bond acceptors (Lipinski definition) is 4. The first-order valence-corrected chi connectivity index (χ1v) is 7.40. The van der Waals surface area contributed by atoms with E-state index in [4.69, 9.17) is 10.5 Å². The van der Waals surface area contributed by atoms with E-state index in [9.17, 15) is 9.59 Å². The summed E-state index contributed by atoms with van der Waals surface area (Å²) in [7, 11) is 1.64. The Morgan fingerprint density at radius 1 is 1.27 bits per heavy atom. The van der Waals surface area contributed by atoms with E-state index in [1.165, 1.54) is 6.92 Å². The summed E-state index contributed by atoms with van der Waals surface area (Å²) in [5.74, 6) is 0.0930. The van der Waals surface area contributed by atoms with Crippen LogP contribution in [0.3, 0.4) is 0 Å². The smallest absolute Gasteiger partial charge is 0.223 e. The average molecular weight is 305 g/mol. The number of amides is 2. The number of rotatable bonds is 4. The number of nitrogens with two attached hydrogens (primary N) is 1. The fraction of sp³-hybridized carbons (Fsp3) is 0.500. The highest BCUT2D eigenvalue weighted by Gasteiger charge is 2.27. The van der Waals surface area contributed by atoms with Crippen molar-refractivity contribution in [3.8, 4) is 5.75 Å². The molecule has 1 aromatic carbocycles. The average Bonchev–Trinajstić information content (AvgIpc) is 2.71. The van der Waals surface area contributed by atoms with Gasteiger partial charge in [-0.1, -0.05) is 18.2 Å². The minimum Gasteiger partial charge on any atom is -0.496 e. The molecule has 120 valence electrons. The van der Waals surface area contributed by atoms with Crippen LogP contribution in [0.25, 0.3) is 0 Å². The first-order chi connectivity index (χ1) is 10.5. The summed E-state index contributed by atoms with van der Waals surface area (Å²) in [5, 5.41) is 0. The van der Waals surface area contributed by atoms with Gasteiger partial charge in [0.1, 0.15) is 5.75 Å². The molecule has 1 aliphatic rings. The minimum absolute atomic E-state index is 0.0228. The second-order valence-electron chi connectivity index (χ2n) is 5.61. The van der Waals surface area contributed by atoms with Gasteiger partial charge in [0.15, 0.2) is 0 Å². The molecule has 6 heteroatoms. The Morgan fingerprint density at radius 3 is 2.64 bits per heavy atom. The Kier molecular flexibility index (Phi) is 5.38. The zero-order valence-corrected chi connectivity index (χ0v) is 13.1. The molecule has 0 radical (unpaired) electrons. The molecule has 0 aliphatic carbocycles. The van der Waals surface area contributed by atoms with E-state index in [-0.39, 0.29) is 17.7 Å². The molecule has 0 spiro atoms. The number of benzene rings is 1. The lowest BCUT2D eigenvalue weighted by atomic mass is 10.1. The fourth-order valence-corrected chi connectivity index (χ4v) is 2.76. The lowest BCUT2D eigenvalue weighted by Gasteiger charge is -2.23. The molecule has 1 atom stereocenters. The third-order valence-corrected chi connectivity index (χ3v) is 4.04. The lowest BCUT2D eigenvalue weighted by Crippen LogP contribution is -2.39. The molecule has 0 unspecified atom stereocenters. The topological polar surface area (TPSA) is 75.9 Å². The van der Waals surface area contributed by atoms with E-state index in [0.29, 0.717) is 32.7 Å². The summed E-state index contributed by atoms with van der Waals surface area (Å²) in [6.45, 7) is 4.45. The molecule has 0 saturated carbocycles. The van der Waals surface area contributed by atoms with Crippen LogP contribution in [0.4, 0.5) is 0 Å². The molecule has 1 saturated heterocycles. The van der Waals surface area contributed by atoms with Gasteiger partial charge in [0.2, 0.25) is 11.8 Å². The maximum absolute atomic E-state index is 11.6. The standard InChI is InChI=1S/C16H23N3O3/c1-12(20)19-8-7-18(10-14(11-19)16(17)21)9-13-5-3-4-6-15(13)22-2/h3-6,14H,7-11H2,1-2H3,(H2,17,21)/t14-/m0/s1. The summed E-state index contributed by atoms with van der Waals surface area (Å²) < 4.78 is 5.37. The van der Waals surface area contributed by atoms with Gasteiger partial charge in [-0.05, 0) is 6.07 Å². The lowest BCUT2D eigenvalue weighted by molar-refractivity contribution is -0.130. The van der Waals surface area contributed by atoms with Crippen LogP contribution in [0.2, 0.25) is 0 Å². The Labute approximate surface area is 130 Å². The Hall–Kier alpha value is -2.08. The van der Waals surface area contributed by atoms with E-state index in [0.717, 1.165) is 11.3 Å². The quantitative estimate of drug-likeness (QED) is 0.877. The van der Waals surface area contributed by atoms with Crippen LogP contribution in [0.5, 0.6) is 5.75 Å². The van der Waals surface area contributed by atoms with Crippen LogP contribution >= 0.6 is 0 Å². The predicted octanol–water partition coefficient (Wildman–Crippen LogP) is 0.461. The van der Waals surface area contributed by atoms with Crippen molar-refractivity contribution in [1.82, 2.24) is 9.80 Å². The van der Waals surface area contributed by atoms with Crippen LogP contribution in [0.15, 0.2) is 24.3 Å².